The van der Waals surface area contributed by atoms with Crippen LogP contribution in [0.15, 0.2) is 5.11 Å². The van der Waals surface area contributed by atoms with E-state index in [1.54, 1.807) is 6.92 Å². The first-order chi connectivity index (χ1) is 17.0. The molecule has 1 fully saturated rings. The van der Waals surface area contributed by atoms with E-state index in [4.69, 9.17) is 28.6 Å². The molecule has 1 heterocycles. The van der Waals surface area contributed by atoms with Gasteiger partial charge in [-0.05, 0) is 38.6 Å². The van der Waals surface area contributed by atoms with Crippen LogP contribution in [0, 0.1) is 0 Å². The normalized spacial score (nSPS) is 25.1. The maximum Gasteiger partial charge on any atom is 0.472 e. The lowest BCUT2D eigenvalue weighted by Crippen LogP contribution is -2.37. The largest absolute Gasteiger partial charge is 0.472 e. The summed E-state index contributed by atoms with van der Waals surface area (Å²) in [5, 5.41) is 3.39. The second-order valence-corrected chi connectivity index (χ2v) is 11.1. The Morgan fingerprint density at radius 2 is 1.67 bits per heavy atom. The second-order valence-electron chi connectivity index (χ2n) is 8.25. The number of Topliss-reactive ketones (excluding diaryl/α,β-unsaturated/α-hetero) is 1. The minimum absolute atomic E-state index is 0.00968. The Kier molecular flexibility index (Phi) is 16.2. The van der Waals surface area contributed by atoms with Gasteiger partial charge in [-0.15, -0.1) is 0 Å². The highest BCUT2D eigenvalue weighted by atomic mass is 31.2. The molecule has 210 valence electrons. The highest BCUT2D eigenvalue weighted by molar-refractivity contribution is 7.47. The Hall–Kier alpha value is -0.880. The van der Waals surface area contributed by atoms with Crippen LogP contribution >= 0.6 is 15.6 Å². The zero-order valence-electron chi connectivity index (χ0n) is 21.1. The standard InChI is InChI=1S/C20H39N3O11P2/c1-4-30-35(25,26)32-15-18-20(19(29-3)16(2)33-18)34-36(27,28)31-14-9-7-5-6-8-11-17(24)12-10-13-22-23-21/h16,18-20H,4-15H2,1-3H3,(H,25,26)(H,27,28)/t16-,18+,19?,20-/m0/s1. The molecule has 1 aliphatic rings. The lowest BCUT2D eigenvalue weighted by Gasteiger charge is -2.25. The first-order valence-electron chi connectivity index (χ1n) is 12.0. The fourth-order valence-corrected chi connectivity index (χ4v) is 5.42. The van der Waals surface area contributed by atoms with Crippen molar-refractivity contribution >= 4 is 21.4 Å². The zero-order valence-corrected chi connectivity index (χ0v) is 22.9. The van der Waals surface area contributed by atoms with Crippen molar-refractivity contribution in [1.82, 2.24) is 0 Å². The van der Waals surface area contributed by atoms with Crippen molar-refractivity contribution in [3.05, 3.63) is 10.4 Å². The predicted octanol–water partition coefficient (Wildman–Crippen LogP) is 4.44. The van der Waals surface area contributed by atoms with Gasteiger partial charge in [-0.2, -0.15) is 0 Å². The van der Waals surface area contributed by atoms with Crippen LogP contribution in [0.3, 0.4) is 0 Å². The molecule has 0 radical (unpaired) electrons. The number of nitrogens with zero attached hydrogens (tertiary/aromatic N) is 3. The number of carbonyl (C=O) groups is 1. The maximum atomic E-state index is 12.5. The molecule has 3 unspecified atom stereocenters. The van der Waals surface area contributed by atoms with Crippen molar-refractivity contribution in [3.8, 4) is 0 Å². The molecule has 14 nitrogen and oxygen atoms in total. The van der Waals surface area contributed by atoms with Gasteiger partial charge in [0.15, 0.2) is 0 Å². The van der Waals surface area contributed by atoms with E-state index >= 15 is 0 Å². The van der Waals surface area contributed by atoms with Gasteiger partial charge in [0, 0.05) is 31.4 Å². The van der Waals surface area contributed by atoms with Crippen LogP contribution in [0.4, 0.5) is 0 Å². The maximum absolute atomic E-state index is 12.5. The summed E-state index contributed by atoms with van der Waals surface area (Å²) in [7, 11) is -7.38. The average Bonchev–Trinajstić information content (AvgIpc) is 3.10. The van der Waals surface area contributed by atoms with E-state index in [1.807, 2.05) is 0 Å². The van der Waals surface area contributed by atoms with Gasteiger partial charge in [-0.25, -0.2) is 9.13 Å². The molecule has 0 aliphatic carbocycles. The average molecular weight is 559 g/mol. The van der Waals surface area contributed by atoms with Crippen LogP contribution < -0.4 is 0 Å². The number of carbonyl (C=O) groups excluding carboxylic acids is 1. The van der Waals surface area contributed by atoms with E-state index in [-0.39, 0.29) is 19.0 Å². The van der Waals surface area contributed by atoms with E-state index in [0.717, 1.165) is 25.7 Å². The SMILES string of the molecule is CCOP(=O)(O)OC[C@H]1O[C@@H](C)C(OC)[C@H]1OP(=O)(O)OCCCCCCCC(=O)CCCN=[N+]=[N-]. The Labute approximate surface area is 211 Å². The van der Waals surface area contributed by atoms with Crippen molar-refractivity contribution in [2.75, 3.05) is 33.5 Å². The molecule has 0 bridgehead atoms. The molecule has 2 N–H and O–H groups in total. The highest BCUT2D eigenvalue weighted by Gasteiger charge is 2.48. The molecular formula is C20H39N3O11P2. The monoisotopic (exact) mass is 559 g/mol. The lowest BCUT2D eigenvalue weighted by molar-refractivity contribution is -0.119. The summed E-state index contributed by atoms with van der Waals surface area (Å²) in [6.45, 7) is 3.07. The Morgan fingerprint density at radius 1 is 1.00 bits per heavy atom. The third-order valence-corrected chi connectivity index (χ3v) is 7.47. The van der Waals surface area contributed by atoms with Gasteiger partial charge in [0.05, 0.1) is 25.9 Å². The third-order valence-electron chi connectivity index (χ3n) is 5.39. The number of ketones is 1. The molecule has 0 amide bonds. The van der Waals surface area contributed by atoms with Crippen LogP contribution in [0.1, 0.15) is 65.2 Å². The summed E-state index contributed by atoms with van der Waals surface area (Å²) in [4.78, 5) is 34.1. The fourth-order valence-electron chi connectivity index (χ4n) is 3.70. The first kappa shape index (κ1) is 33.1. The number of phosphoric acid groups is 2. The number of ether oxygens (including phenoxy) is 2. The zero-order chi connectivity index (χ0) is 27.0. The van der Waals surface area contributed by atoms with Crippen molar-refractivity contribution < 1.29 is 51.3 Å². The number of unbranched alkanes of at least 4 members (excludes halogenated alkanes) is 4. The van der Waals surface area contributed by atoms with Crippen molar-refractivity contribution in [3.63, 3.8) is 0 Å². The van der Waals surface area contributed by atoms with Crippen molar-refractivity contribution in [2.45, 2.75) is 89.6 Å². The number of azide groups is 1. The van der Waals surface area contributed by atoms with Gasteiger partial charge in [0.25, 0.3) is 0 Å². The van der Waals surface area contributed by atoms with Gasteiger partial charge in [0.1, 0.15) is 24.1 Å². The second kappa shape index (κ2) is 17.6. The van der Waals surface area contributed by atoms with Crippen LogP contribution in [0.2, 0.25) is 0 Å². The molecule has 36 heavy (non-hydrogen) atoms. The number of phosphoric ester groups is 2. The molecule has 16 heteroatoms. The topological polar surface area (TPSA) is 196 Å². The van der Waals surface area contributed by atoms with Crippen LogP contribution in [-0.4, -0.2) is 73.5 Å². The van der Waals surface area contributed by atoms with Crippen molar-refractivity contribution in [2.24, 2.45) is 5.11 Å². The minimum Gasteiger partial charge on any atom is -0.376 e. The summed E-state index contributed by atoms with van der Waals surface area (Å²) < 4.78 is 55.2. The van der Waals surface area contributed by atoms with E-state index in [1.165, 1.54) is 14.0 Å². The third kappa shape index (κ3) is 13.6. The summed E-state index contributed by atoms with van der Waals surface area (Å²) in [5.41, 5.74) is 8.20. The molecule has 0 saturated carbocycles. The molecule has 1 saturated heterocycles. The van der Waals surface area contributed by atoms with Crippen LogP contribution in [0.5, 0.6) is 0 Å². The molecular weight excluding hydrogens is 520 g/mol. The highest BCUT2D eigenvalue weighted by Crippen LogP contribution is 2.49. The lowest BCUT2D eigenvalue weighted by atomic mass is 10.1. The summed E-state index contributed by atoms with van der Waals surface area (Å²) in [6.07, 6.45) is 1.87. The number of rotatable bonds is 21. The van der Waals surface area contributed by atoms with Gasteiger partial charge in [-0.1, -0.05) is 24.4 Å². The Balaban J connectivity index is 2.35. The molecule has 0 aromatic carbocycles. The summed E-state index contributed by atoms with van der Waals surface area (Å²) in [5.74, 6) is 0.146. The molecule has 1 rings (SSSR count). The Bertz CT molecular complexity index is 797. The molecule has 6 atom stereocenters. The first-order valence-corrected chi connectivity index (χ1v) is 15.0. The van der Waals surface area contributed by atoms with E-state index < -0.39 is 46.7 Å². The summed E-state index contributed by atoms with van der Waals surface area (Å²) >= 11 is 0. The molecule has 0 aromatic heterocycles. The fraction of sp³-hybridized carbons (Fsp3) is 0.950. The molecule has 1 aliphatic heterocycles. The number of methoxy groups -OCH3 is 1. The Morgan fingerprint density at radius 3 is 2.33 bits per heavy atom. The summed E-state index contributed by atoms with van der Waals surface area (Å²) in [6, 6.07) is 0. The van der Waals surface area contributed by atoms with Gasteiger partial charge in [-0.3, -0.25) is 22.9 Å². The molecule has 0 aromatic rings. The van der Waals surface area contributed by atoms with Crippen LogP contribution in [-0.2, 0) is 41.5 Å². The number of hydrogen-bond donors (Lipinski definition) is 2. The van der Waals surface area contributed by atoms with Gasteiger partial charge < -0.3 is 19.3 Å². The smallest absolute Gasteiger partial charge is 0.376 e. The predicted molar refractivity (Wildman–Crippen MR) is 129 cm³/mol. The van der Waals surface area contributed by atoms with Gasteiger partial charge >= 0.3 is 15.6 Å². The van der Waals surface area contributed by atoms with E-state index in [2.05, 4.69) is 14.5 Å². The van der Waals surface area contributed by atoms with E-state index in [0.29, 0.717) is 32.2 Å². The van der Waals surface area contributed by atoms with E-state index in [9.17, 15) is 23.7 Å². The minimum atomic E-state index is -4.48. The quantitative estimate of drug-likeness (QED) is 0.0663. The van der Waals surface area contributed by atoms with Crippen LogP contribution in [0.25, 0.3) is 10.4 Å². The number of hydrogen-bond acceptors (Lipinski definition) is 10. The van der Waals surface area contributed by atoms with Crippen molar-refractivity contribution in [1.29, 1.82) is 0 Å². The molecule has 0 spiro atoms. The van der Waals surface area contributed by atoms with Gasteiger partial charge in [0.2, 0.25) is 0 Å².